The number of piperidine rings is 2. The first-order valence-corrected chi connectivity index (χ1v) is 12.5. The van der Waals surface area contributed by atoms with Crippen molar-refractivity contribution < 1.29 is 14.4 Å². The molecule has 2 aliphatic carbocycles. The molecule has 6 nitrogen and oxygen atoms in total. The lowest BCUT2D eigenvalue weighted by Crippen LogP contribution is -2.78. The molecule has 5 aliphatic heterocycles. The highest BCUT2D eigenvalue weighted by molar-refractivity contribution is 6.15. The van der Waals surface area contributed by atoms with Crippen LogP contribution in [0.15, 0.2) is 12.1 Å². The zero-order valence-corrected chi connectivity index (χ0v) is 20.1. The number of fused-ring (bicyclic) bond motifs is 5. The third kappa shape index (κ3) is 2.06. The lowest BCUT2D eigenvalue weighted by atomic mass is 9.57. The normalized spacial score (nSPS) is 41.5. The lowest BCUT2D eigenvalue weighted by Gasteiger charge is -2.60. The third-order valence-electron chi connectivity index (χ3n) is 10.6. The van der Waals surface area contributed by atoms with Gasteiger partial charge in [-0.3, -0.25) is 19.3 Å². The minimum Gasteiger partial charge on any atom is -0.347 e. The van der Waals surface area contributed by atoms with Gasteiger partial charge in [-0.25, -0.2) is 0 Å². The number of carbonyl (C=O) groups is 3. The molecule has 0 radical (unpaired) electrons. The molecule has 0 aromatic heterocycles. The topological polar surface area (TPSA) is 78.5 Å². The maximum Gasteiger partial charge on any atom is 0.241 e. The molecule has 4 atom stereocenters. The van der Waals surface area contributed by atoms with E-state index >= 15 is 0 Å². The Labute approximate surface area is 194 Å². The molecule has 2 amide bonds. The SMILES string of the molecule is CC1(C)CC(=O)c2c(ccc3c2NC(=O)C32C[C@@]34CN5CCCC5(C[C@H]3C2(C)C)C(=O)N4)C1. The Kier molecular flexibility index (Phi) is 3.39. The molecule has 3 spiro atoms. The Morgan fingerprint density at radius 3 is 2.61 bits per heavy atom. The summed E-state index contributed by atoms with van der Waals surface area (Å²) in [7, 11) is 0. The van der Waals surface area contributed by atoms with E-state index in [0.29, 0.717) is 12.8 Å². The van der Waals surface area contributed by atoms with Crippen LogP contribution in [0.1, 0.15) is 81.3 Å². The van der Waals surface area contributed by atoms with Crippen LogP contribution in [0.5, 0.6) is 0 Å². The number of hydrogen-bond acceptors (Lipinski definition) is 4. The van der Waals surface area contributed by atoms with Crippen molar-refractivity contribution >= 4 is 23.3 Å². The number of benzene rings is 1. The average molecular weight is 448 g/mol. The summed E-state index contributed by atoms with van der Waals surface area (Å²) in [6.07, 6.45) is 4.75. The first-order chi connectivity index (χ1) is 15.5. The van der Waals surface area contributed by atoms with E-state index in [9.17, 15) is 14.4 Å². The highest BCUT2D eigenvalue weighted by atomic mass is 16.2. The van der Waals surface area contributed by atoms with Crippen LogP contribution >= 0.6 is 0 Å². The van der Waals surface area contributed by atoms with Gasteiger partial charge in [-0.2, -0.15) is 0 Å². The van der Waals surface area contributed by atoms with E-state index in [0.717, 1.165) is 61.2 Å². The number of nitrogens with one attached hydrogen (secondary N) is 2. The summed E-state index contributed by atoms with van der Waals surface area (Å²) < 4.78 is 0. The van der Waals surface area contributed by atoms with Crippen molar-refractivity contribution in [3.05, 3.63) is 28.8 Å². The Balaban J connectivity index is 1.41. The van der Waals surface area contributed by atoms with E-state index in [-0.39, 0.29) is 34.3 Å². The molecule has 1 saturated carbocycles. The van der Waals surface area contributed by atoms with E-state index in [1.165, 1.54) is 0 Å². The summed E-state index contributed by atoms with van der Waals surface area (Å²) in [6.45, 7) is 10.5. The number of anilines is 1. The highest BCUT2D eigenvalue weighted by Crippen LogP contribution is 2.70. The molecule has 6 heteroatoms. The zero-order valence-electron chi connectivity index (χ0n) is 20.1. The third-order valence-corrected chi connectivity index (χ3v) is 10.6. The number of nitrogens with zero attached hydrogens (tertiary/aromatic N) is 1. The molecule has 2 N–H and O–H groups in total. The van der Waals surface area contributed by atoms with Gasteiger partial charge in [-0.15, -0.1) is 0 Å². The van der Waals surface area contributed by atoms with Gasteiger partial charge in [0.15, 0.2) is 5.78 Å². The standard InChI is InChI=1S/C27H33N3O3/c1-23(2)10-15-6-7-16-20(19(15)17(31)11-23)28-22(33)27(16)13-25-14-30-9-5-8-26(30,21(32)29-25)12-18(25)24(27,3)4/h6-7,18H,5,8-14H2,1-4H3,(H,28,33)(H,29,32)/t18-,25+,26?,27?/m0/s1. The van der Waals surface area contributed by atoms with Crippen LogP contribution in [0.2, 0.25) is 0 Å². The van der Waals surface area contributed by atoms with Crippen LogP contribution in [0.3, 0.4) is 0 Å². The van der Waals surface area contributed by atoms with E-state index in [1.54, 1.807) is 0 Å². The van der Waals surface area contributed by atoms with Crippen molar-refractivity contribution in [1.29, 1.82) is 0 Å². The Morgan fingerprint density at radius 1 is 1.03 bits per heavy atom. The molecule has 1 aromatic rings. The number of Topliss-reactive ketones (excluding diaryl/α,β-unsaturated/α-hetero) is 1. The van der Waals surface area contributed by atoms with Gasteiger partial charge < -0.3 is 10.6 Å². The molecule has 7 aliphatic rings. The highest BCUT2D eigenvalue weighted by Gasteiger charge is 2.77. The predicted molar refractivity (Wildman–Crippen MR) is 124 cm³/mol. The fourth-order valence-electron chi connectivity index (χ4n) is 9.22. The summed E-state index contributed by atoms with van der Waals surface area (Å²) in [6, 6.07) is 4.21. The Hall–Kier alpha value is -2.21. The molecule has 1 aromatic carbocycles. The number of hydrogen-bond donors (Lipinski definition) is 2. The second kappa shape index (κ2) is 5.54. The summed E-state index contributed by atoms with van der Waals surface area (Å²) >= 11 is 0. The van der Waals surface area contributed by atoms with Crippen molar-refractivity contribution in [2.24, 2.45) is 16.7 Å². The van der Waals surface area contributed by atoms with E-state index in [4.69, 9.17) is 0 Å². The van der Waals surface area contributed by atoms with Gasteiger partial charge in [0.2, 0.25) is 11.8 Å². The van der Waals surface area contributed by atoms with Gasteiger partial charge in [0.25, 0.3) is 0 Å². The first-order valence-electron chi connectivity index (χ1n) is 12.5. The van der Waals surface area contributed by atoms with Crippen LogP contribution in [0, 0.1) is 16.7 Å². The van der Waals surface area contributed by atoms with E-state index in [2.05, 4.69) is 55.4 Å². The van der Waals surface area contributed by atoms with Crippen molar-refractivity contribution in [2.75, 3.05) is 18.4 Å². The number of ketones is 1. The largest absolute Gasteiger partial charge is 0.347 e. The number of rotatable bonds is 0. The van der Waals surface area contributed by atoms with Crippen LogP contribution in [0.25, 0.3) is 0 Å². The monoisotopic (exact) mass is 447 g/mol. The summed E-state index contributed by atoms with van der Waals surface area (Å²) in [4.78, 5) is 43.0. The maximum atomic E-state index is 14.0. The molecule has 33 heavy (non-hydrogen) atoms. The van der Waals surface area contributed by atoms with Gasteiger partial charge in [0, 0.05) is 18.5 Å². The molecule has 5 heterocycles. The van der Waals surface area contributed by atoms with Crippen molar-refractivity contribution in [2.45, 2.75) is 82.7 Å². The second-order valence-electron chi connectivity index (χ2n) is 13.1. The molecule has 4 saturated heterocycles. The minimum atomic E-state index is -0.742. The number of piperazine rings is 1. The smallest absolute Gasteiger partial charge is 0.241 e. The quantitative estimate of drug-likeness (QED) is 0.640. The molecule has 5 fully saturated rings. The van der Waals surface area contributed by atoms with Crippen molar-refractivity contribution in [1.82, 2.24) is 10.2 Å². The Bertz CT molecular complexity index is 1190. The minimum absolute atomic E-state index is 0.00710. The number of amides is 2. The molecule has 8 rings (SSSR count). The maximum absolute atomic E-state index is 14.0. The predicted octanol–water partition coefficient (Wildman–Crippen LogP) is 3.18. The van der Waals surface area contributed by atoms with E-state index < -0.39 is 16.5 Å². The van der Waals surface area contributed by atoms with Gasteiger partial charge in [0.05, 0.1) is 16.6 Å². The molecule has 174 valence electrons. The molecule has 2 bridgehead atoms. The number of carbonyl (C=O) groups excluding carboxylic acids is 3. The van der Waals surface area contributed by atoms with Gasteiger partial charge in [-0.05, 0) is 66.5 Å². The summed E-state index contributed by atoms with van der Waals surface area (Å²) in [5.41, 5.74) is 1.56. The van der Waals surface area contributed by atoms with Gasteiger partial charge in [0.1, 0.15) is 5.54 Å². The zero-order chi connectivity index (χ0) is 23.2. The van der Waals surface area contributed by atoms with Crippen molar-refractivity contribution in [3.8, 4) is 0 Å². The van der Waals surface area contributed by atoms with Crippen molar-refractivity contribution in [3.63, 3.8) is 0 Å². The van der Waals surface area contributed by atoms with Crippen LogP contribution in [-0.2, 0) is 21.4 Å². The van der Waals surface area contributed by atoms with Crippen LogP contribution in [-0.4, -0.2) is 46.7 Å². The Morgan fingerprint density at radius 2 is 1.82 bits per heavy atom. The molecule has 2 unspecified atom stereocenters. The van der Waals surface area contributed by atoms with E-state index in [1.807, 2.05) is 0 Å². The fraction of sp³-hybridized carbons (Fsp3) is 0.667. The molecular formula is C27H33N3O3. The van der Waals surface area contributed by atoms with Crippen LogP contribution in [0.4, 0.5) is 5.69 Å². The van der Waals surface area contributed by atoms with Crippen LogP contribution < -0.4 is 10.6 Å². The fourth-order valence-corrected chi connectivity index (χ4v) is 9.22. The van der Waals surface area contributed by atoms with Gasteiger partial charge >= 0.3 is 0 Å². The lowest BCUT2D eigenvalue weighted by molar-refractivity contribution is -0.156. The van der Waals surface area contributed by atoms with Gasteiger partial charge in [-0.1, -0.05) is 39.8 Å². The first kappa shape index (κ1) is 20.2. The average Bonchev–Trinajstić information content (AvgIpc) is 3.31. The molecular weight excluding hydrogens is 414 g/mol. The summed E-state index contributed by atoms with van der Waals surface area (Å²) in [5.74, 6) is 0.527. The summed E-state index contributed by atoms with van der Waals surface area (Å²) in [5, 5.41) is 6.68. The second-order valence-corrected chi connectivity index (χ2v) is 13.1.